The average Bonchev–Trinajstić information content (AvgIpc) is 2.38. The molecule has 0 N–H and O–H groups in total. The van der Waals surface area contributed by atoms with Crippen molar-refractivity contribution in [3.05, 3.63) is 35.9 Å². The standard InChI is InChI=1S/C17H26O/c1-4-5-7-12-16(17(18)14(2)3)13-15-10-8-6-9-11-15/h6,8-11,14,16H,4-5,7,12-13H2,1-3H3. The van der Waals surface area contributed by atoms with Gasteiger partial charge in [0.2, 0.25) is 0 Å². The second-order valence-electron chi connectivity index (χ2n) is 5.44. The third-order valence-corrected chi connectivity index (χ3v) is 3.45. The minimum absolute atomic E-state index is 0.153. The smallest absolute Gasteiger partial charge is 0.138 e. The van der Waals surface area contributed by atoms with Gasteiger partial charge >= 0.3 is 0 Å². The van der Waals surface area contributed by atoms with Crippen LogP contribution in [0.25, 0.3) is 0 Å². The molecule has 0 aliphatic rings. The van der Waals surface area contributed by atoms with Gasteiger partial charge in [0.05, 0.1) is 0 Å². The third-order valence-electron chi connectivity index (χ3n) is 3.45. The number of carbonyl (C=O) groups excluding carboxylic acids is 1. The fraction of sp³-hybridized carbons (Fsp3) is 0.588. The van der Waals surface area contributed by atoms with Crippen LogP contribution in [-0.4, -0.2) is 5.78 Å². The third kappa shape index (κ3) is 5.03. The molecule has 0 aliphatic heterocycles. The van der Waals surface area contributed by atoms with E-state index in [1.54, 1.807) is 0 Å². The van der Waals surface area contributed by atoms with E-state index in [0.717, 1.165) is 12.8 Å². The summed E-state index contributed by atoms with van der Waals surface area (Å²) >= 11 is 0. The average molecular weight is 246 g/mol. The van der Waals surface area contributed by atoms with Gasteiger partial charge in [-0.3, -0.25) is 4.79 Å². The molecule has 1 atom stereocenters. The minimum Gasteiger partial charge on any atom is -0.299 e. The summed E-state index contributed by atoms with van der Waals surface area (Å²) in [5, 5.41) is 0. The molecule has 1 unspecified atom stereocenters. The van der Waals surface area contributed by atoms with Crippen LogP contribution in [0.15, 0.2) is 30.3 Å². The van der Waals surface area contributed by atoms with Crippen LogP contribution in [0.2, 0.25) is 0 Å². The van der Waals surface area contributed by atoms with E-state index < -0.39 is 0 Å². The van der Waals surface area contributed by atoms with Crippen LogP contribution >= 0.6 is 0 Å². The summed E-state index contributed by atoms with van der Waals surface area (Å²) in [6, 6.07) is 10.4. The Labute approximate surface area is 112 Å². The predicted octanol–water partition coefficient (Wildman–Crippen LogP) is 4.65. The molecular formula is C17H26O. The molecule has 0 aliphatic carbocycles. The number of carbonyl (C=O) groups is 1. The molecular weight excluding hydrogens is 220 g/mol. The Bertz CT molecular complexity index is 340. The lowest BCUT2D eigenvalue weighted by Gasteiger charge is -2.18. The molecule has 1 nitrogen and oxygen atoms in total. The number of hydrogen-bond donors (Lipinski definition) is 0. The van der Waals surface area contributed by atoms with Crippen molar-refractivity contribution in [1.29, 1.82) is 0 Å². The lowest BCUT2D eigenvalue weighted by Crippen LogP contribution is -2.22. The number of benzene rings is 1. The quantitative estimate of drug-likeness (QED) is 0.610. The molecule has 1 aromatic rings. The molecule has 0 bridgehead atoms. The van der Waals surface area contributed by atoms with Crippen molar-refractivity contribution in [3.8, 4) is 0 Å². The first kappa shape index (κ1) is 14.9. The van der Waals surface area contributed by atoms with Crippen molar-refractivity contribution in [1.82, 2.24) is 0 Å². The highest BCUT2D eigenvalue weighted by atomic mass is 16.1. The van der Waals surface area contributed by atoms with Gasteiger partial charge in [0, 0.05) is 11.8 Å². The first-order valence-electron chi connectivity index (χ1n) is 7.22. The van der Waals surface area contributed by atoms with Crippen LogP contribution in [0.5, 0.6) is 0 Å². The van der Waals surface area contributed by atoms with Gasteiger partial charge in [0.15, 0.2) is 0 Å². The van der Waals surface area contributed by atoms with Crippen LogP contribution in [0.1, 0.15) is 52.0 Å². The molecule has 1 heteroatoms. The highest BCUT2D eigenvalue weighted by molar-refractivity contribution is 5.83. The van der Waals surface area contributed by atoms with Gasteiger partial charge in [-0.25, -0.2) is 0 Å². The monoisotopic (exact) mass is 246 g/mol. The van der Waals surface area contributed by atoms with E-state index in [4.69, 9.17) is 0 Å². The normalized spacial score (nSPS) is 12.7. The van der Waals surface area contributed by atoms with Gasteiger partial charge < -0.3 is 0 Å². The first-order chi connectivity index (χ1) is 8.65. The molecule has 1 aromatic carbocycles. The lowest BCUT2D eigenvalue weighted by atomic mass is 9.86. The van der Waals surface area contributed by atoms with Gasteiger partial charge in [0.1, 0.15) is 5.78 Å². The number of ketones is 1. The van der Waals surface area contributed by atoms with E-state index in [1.165, 1.54) is 24.8 Å². The zero-order valence-electron chi connectivity index (χ0n) is 12.0. The second-order valence-corrected chi connectivity index (χ2v) is 5.44. The summed E-state index contributed by atoms with van der Waals surface area (Å²) in [5.41, 5.74) is 1.29. The van der Waals surface area contributed by atoms with E-state index in [9.17, 15) is 4.79 Å². The summed E-state index contributed by atoms with van der Waals surface area (Å²) in [6.07, 6.45) is 5.57. The Kier molecular flexibility index (Phi) is 6.70. The maximum Gasteiger partial charge on any atom is 0.138 e. The fourth-order valence-electron chi connectivity index (χ4n) is 2.36. The van der Waals surface area contributed by atoms with Crippen molar-refractivity contribution in [2.75, 3.05) is 0 Å². The summed E-state index contributed by atoms with van der Waals surface area (Å²) in [7, 11) is 0. The Hall–Kier alpha value is -1.11. The highest BCUT2D eigenvalue weighted by Crippen LogP contribution is 2.20. The van der Waals surface area contributed by atoms with Crippen molar-refractivity contribution < 1.29 is 4.79 Å². The van der Waals surface area contributed by atoms with Crippen molar-refractivity contribution in [3.63, 3.8) is 0 Å². The van der Waals surface area contributed by atoms with Crippen molar-refractivity contribution in [2.45, 2.75) is 52.9 Å². The maximum atomic E-state index is 12.2. The molecule has 0 fully saturated rings. The fourth-order valence-corrected chi connectivity index (χ4v) is 2.36. The molecule has 18 heavy (non-hydrogen) atoms. The van der Waals surface area contributed by atoms with Gasteiger partial charge in [-0.2, -0.15) is 0 Å². The summed E-state index contributed by atoms with van der Waals surface area (Å²) in [6.45, 7) is 6.23. The largest absolute Gasteiger partial charge is 0.299 e. The van der Waals surface area contributed by atoms with E-state index in [1.807, 2.05) is 19.9 Å². The van der Waals surface area contributed by atoms with E-state index in [-0.39, 0.29) is 11.8 Å². The van der Waals surface area contributed by atoms with Crippen LogP contribution in [0, 0.1) is 11.8 Å². The van der Waals surface area contributed by atoms with Crippen LogP contribution in [0.3, 0.4) is 0 Å². The van der Waals surface area contributed by atoms with Crippen LogP contribution in [-0.2, 0) is 11.2 Å². The molecule has 0 amide bonds. The molecule has 0 heterocycles. The SMILES string of the molecule is CCCCCC(Cc1ccccc1)C(=O)C(C)C. The van der Waals surface area contributed by atoms with Crippen molar-refractivity contribution >= 4 is 5.78 Å². The molecule has 0 saturated carbocycles. The Morgan fingerprint density at radius 1 is 1.11 bits per heavy atom. The molecule has 0 spiro atoms. The van der Waals surface area contributed by atoms with Gasteiger partial charge in [-0.1, -0.05) is 70.4 Å². The van der Waals surface area contributed by atoms with Gasteiger partial charge in [0.25, 0.3) is 0 Å². The molecule has 100 valence electrons. The molecule has 0 radical (unpaired) electrons. The summed E-state index contributed by atoms with van der Waals surface area (Å²) in [4.78, 5) is 12.2. The maximum absolute atomic E-state index is 12.2. The number of hydrogen-bond acceptors (Lipinski definition) is 1. The first-order valence-corrected chi connectivity index (χ1v) is 7.22. The highest BCUT2D eigenvalue weighted by Gasteiger charge is 2.20. The Morgan fingerprint density at radius 3 is 2.33 bits per heavy atom. The Balaban J connectivity index is 2.62. The number of unbranched alkanes of at least 4 members (excludes halogenated alkanes) is 2. The van der Waals surface area contributed by atoms with E-state index in [0.29, 0.717) is 5.78 Å². The summed E-state index contributed by atoms with van der Waals surface area (Å²) in [5.74, 6) is 0.786. The van der Waals surface area contributed by atoms with Crippen molar-refractivity contribution in [2.24, 2.45) is 11.8 Å². The number of rotatable bonds is 8. The molecule has 1 rings (SSSR count). The zero-order chi connectivity index (χ0) is 13.4. The van der Waals surface area contributed by atoms with E-state index >= 15 is 0 Å². The molecule has 0 saturated heterocycles. The predicted molar refractivity (Wildman–Crippen MR) is 77.6 cm³/mol. The zero-order valence-corrected chi connectivity index (χ0v) is 12.0. The van der Waals surface area contributed by atoms with E-state index in [2.05, 4.69) is 31.2 Å². The minimum atomic E-state index is 0.153. The topological polar surface area (TPSA) is 17.1 Å². The van der Waals surface area contributed by atoms with Gasteiger partial charge in [-0.05, 0) is 18.4 Å². The molecule has 0 aromatic heterocycles. The lowest BCUT2D eigenvalue weighted by molar-refractivity contribution is -0.126. The van der Waals surface area contributed by atoms with Gasteiger partial charge in [-0.15, -0.1) is 0 Å². The van der Waals surface area contributed by atoms with Crippen LogP contribution < -0.4 is 0 Å². The summed E-state index contributed by atoms with van der Waals surface area (Å²) < 4.78 is 0. The second kappa shape index (κ2) is 8.07. The number of Topliss-reactive ketones (excluding diaryl/α,β-unsaturated/α-hetero) is 1. The van der Waals surface area contributed by atoms with Crippen LogP contribution in [0.4, 0.5) is 0 Å². The Morgan fingerprint density at radius 2 is 1.78 bits per heavy atom.